The third-order valence-electron chi connectivity index (χ3n) is 2.67. The zero-order chi connectivity index (χ0) is 12.0. The lowest BCUT2D eigenvalue weighted by Crippen LogP contribution is -2.04. The zero-order valence-electron chi connectivity index (χ0n) is 10.2. The number of hydrogen-bond donors (Lipinski definition) is 1. The van der Waals surface area contributed by atoms with Crippen LogP contribution >= 0.6 is 0 Å². The molecule has 2 N–H and O–H groups in total. The Kier molecular flexibility index (Phi) is 5.20. The Morgan fingerprint density at radius 2 is 2.06 bits per heavy atom. The average Bonchev–Trinajstić information content (AvgIpc) is 2.25. The van der Waals surface area contributed by atoms with Gasteiger partial charge in [-0.25, -0.2) is 0 Å². The number of benzene rings is 1. The Morgan fingerprint density at radius 3 is 2.62 bits per heavy atom. The van der Waals surface area contributed by atoms with Crippen molar-refractivity contribution in [2.24, 2.45) is 11.7 Å². The standard InChI is InChI=1S/C14H21NO/c1-11(2)8-12-5-6-14(10-15)13(9-12)4-3-7-16/h5-7,9,11H,3-4,8,10,15H2,1-2H3. The second-order valence-electron chi connectivity index (χ2n) is 4.61. The minimum Gasteiger partial charge on any atom is -0.326 e. The van der Waals surface area contributed by atoms with Crippen LogP contribution in [-0.4, -0.2) is 6.29 Å². The summed E-state index contributed by atoms with van der Waals surface area (Å²) >= 11 is 0. The van der Waals surface area contributed by atoms with Crippen LogP contribution in [0.25, 0.3) is 0 Å². The number of nitrogens with two attached hydrogens (primary N) is 1. The molecule has 0 saturated heterocycles. The SMILES string of the molecule is CC(C)Cc1ccc(CN)c(CCC=O)c1. The first-order chi connectivity index (χ1) is 7.67. The molecule has 0 aliphatic carbocycles. The molecule has 88 valence electrons. The summed E-state index contributed by atoms with van der Waals surface area (Å²) in [6.45, 7) is 4.97. The van der Waals surface area contributed by atoms with Gasteiger partial charge in [-0.1, -0.05) is 32.0 Å². The number of carbonyl (C=O) groups is 1. The van der Waals surface area contributed by atoms with Crippen LogP contribution < -0.4 is 5.73 Å². The molecule has 2 nitrogen and oxygen atoms in total. The zero-order valence-corrected chi connectivity index (χ0v) is 10.2. The highest BCUT2D eigenvalue weighted by atomic mass is 16.1. The summed E-state index contributed by atoms with van der Waals surface area (Å²) in [5, 5.41) is 0. The maximum absolute atomic E-state index is 10.4. The maximum atomic E-state index is 10.4. The second kappa shape index (κ2) is 6.44. The van der Waals surface area contributed by atoms with Crippen molar-refractivity contribution in [1.29, 1.82) is 0 Å². The number of rotatable bonds is 6. The summed E-state index contributed by atoms with van der Waals surface area (Å²) in [6.07, 6.45) is 3.44. The van der Waals surface area contributed by atoms with E-state index in [2.05, 4.69) is 32.0 Å². The van der Waals surface area contributed by atoms with E-state index in [9.17, 15) is 4.79 Å². The van der Waals surface area contributed by atoms with Crippen LogP contribution in [0, 0.1) is 5.92 Å². The molecule has 2 heteroatoms. The van der Waals surface area contributed by atoms with Gasteiger partial charge in [-0.15, -0.1) is 0 Å². The molecule has 0 fully saturated rings. The quantitative estimate of drug-likeness (QED) is 0.747. The van der Waals surface area contributed by atoms with E-state index >= 15 is 0 Å². The molecule has 0 aromatic heterocycles. The van der Waals surface area contributed by atoms with Crippen molar-refractivity contribution in [3.8, 4) is 0 Å². The molecule has 0 atom stereocenters. The van der Waals surface area contributed by atoms with Gasteiger partial charge in [0.15, 0.2) is 0 Å². The molecule has 0 heterocycles. The fraction of sp³-hybridized carbons (Fsp3) is 0.500. The fourth-order valence-corrected chi connectivity index (χ4v) is 1.92. The summed E-state index contributed by atoms with van der Waals surface area (Å²) in [4.78, 5) is 10.4. The molecule has 0 aliphatic heterocycles. The average molecular weight is 219 g/mol. The lowest BCUT2D eigenvalue weighted by Gasteiger charge is -2.11. The van der Waals surface area contributed by atoms with Gasteiger partial charge in [0.05, 0.1) is 0 Å². The fourth-order valence-electron chi connectivity index (χ4n) is 1.92. The topological polar surface area (TPSA) is 43.1 Å². The van der Waals surface area contributed by atoms with Gasteiger partial charge in [0.25, 0.3) is 0 Å². The number of hydrogen-bond acceptors (Lipinski definition) is 2. The van der Waals surface area contributed by atoms with Crippen LogP contribution in [0.4, 0.5) is 0 Å². The molecule has 1 aromatic carbocycles. The van der Waals surface area contributed by atoms with Gasteiger partial charge in [-0.05, 0) is 35.4 Å². The molecular formula is C14H21NO. The van der Waals surface area contributed by atoms with Crippen molar-refractivity contribution in [3.05, 3.63) is 34.9 Å². The van der Waals surface area contributed by atoms with E-state index in [-0.39, 0.29) is 0 Å². The van der Waals surface area contributed by atoms with Crippen LogP contribution in [0.5, 0.6) is 0 Å². The van der Waals surface area contributed by atoms with Gasteiger partial charge in [-0.3, -0.25) is 0 Å². The predicted molar refractivity (Wildman–Crippen MR) is 67.3 cm³/mol. The lowest BCUT2D eigenvalue weighted by molar-refractivity contribution is -0.107. The highest BCUT2D eigenvalue weighted by molar-refractivity contribution is 5.50. The summed E-state index contributed by atoms with van der Waals surface area (Å²) in [7, 11) is 0. The summed E-state index contributed by atoms with van der Waals surface area (Å²) in [6, 6.07) is 6.44. The molecule has 1 rings (SSSR count). The molecule has 0 bridgehead atoms. The van der Waals surface area contributed by atoms with E-state index in [1.54, 1.807) is 0 Å². The van der Waals surface area contributed by atoms with Crippen LogP contribution in [0.1, 0.15) is 37.0 Å². The molecule has 16 heavy (non-hydrogen) atoms. The Labute approximate surface area is 97.9 Å². The number of aldehydes is 1. The normalized spacial score (nSPS) is 10.8. The minimum absolute atomic E-state index is 0.552. The predicted octanol–water partition coefficient (Wildman–Crippen LogP) is 2.48. The van der Waals surface area contributed by atoms with E-state index in [1.165, 1.54) is 11.1 Å². The third kappa shape index (κ3) is 3.78. The largest absolute Gasteiger partial charge is 0.326 e. The van der Waals surface area contributed by atoms with Gasteiger partial charge in [0, 0.05) is 13.0 Å². The molecule has 1 aromatic rings. The summed E-state index contributed by atoms with van der Waals surface area (Å²) in [5.74, 6) is 0.655. The first-order valence-electron chi connectivity index (χ1n) is 5.91. The molecule has 0 amide bonds. The molecule has 0 aliphatic rings. The van der Waals surface area contributed by atoms with Crippen LogP contribution in [0.15, 0.2) is 18.2 Å². The van der Waals surface area contributed by atoms with Gasteiger partial charge >= 0.3 is 0 Å². The molecular weight excluding hydrogens is 198 g/mol. The Bertz CT molecular complexity index is 345. The monoisotopic (exact) mass is 219 g/mol. The van der Waals surface area contributed by atoms with E-state index < -0.39 is 0 Å². The van der Waals surface area contributed by atoms with E-state index in [0.29, 0.717) is 18.9 Å². The van der Waals surface area contributed by atoms with Gasteiger partial charge in [-0.2, -0.15) is 0 Å². The Balaban J connectivity index is 2.86. The molecule has 0 saturated carbocycles. The van der Waals surface area contributed by atoms with Crippen LogP contribution in [-0.2, 0) is 24.2 Å². The first-order valence-corrected chi connectivity index (χ1v) is 5.91. The highest BCUT2D eigenvalue weighted by Gasteiger charge is 2.04. The number of carbonyl (C=O) groups excluding carboxylic acids is 1. The molecule has 0 radical (unpaired) electrons. The first kappa shape index (κ1) is 12.9. The Hall–Kier alpha value is -1.15. The van der Waals surface area contributed by atoms with Crippen molar-refractivity contribution < 1.29 is 4.79 Å². The van der Waals surface area contributed by atoms with E-state index in [4.69, 9.17) is 5.73 Å². The van der Waals surface area contributed by atoms with Crippen molar-refractivity contribution in [2.75, 3.05) is 0 Å². The van der Waals surface area contributed by atoms with Gasteiger partial charge in [0.1, 0.15) is 6.29 Å². The lowest BCUT2D eigenvalue weighted by atomic mass is 9.96. The van der Waals surface area contributed by atoms with Gasteiger partial charge in [0.2, 0.25) is 0 Å². The van der Waals surface area contributed by atoms with E-state index in [1.807, 2.05) is 0 Å². The summed E-state index contributed by atoms with van der Waals surface area (Å²) < 4.78 is 0. The van der Waals surface area contributed by atoms with Crippen molar-refractivity contribution in [3.63, 3.8) is 0 Å². The molecule has 0 unspecified atom stereocenters. The second-order valence-corrected chi connectivity index (χ2v) is 4.61. The highest BCUT2D eigenvalue weighted by Crippen LogP contribution is 2.16. The van der Waals surface area contributed by atoms with Crippen LogP contribution in [0.3, 0.4) is 0 Å². The van der Waals surface area contributed by atoms with Crippen molar-refractivity contribution in [1.82, 2.24) is 0 Å². The Morgan fingerprint density at radius 1 is 1.31 bits per heavy atom. The molecule has 0 spiro atoms. The van der Waals surface area contributed by atoms with Crippen molar-refractivity contribution >= 4 is 6.29 Å². The van der Waals surface area contributed by atoms with Crippen molar-refractivity contribution in [2.45, 2.75) is 39.7 Å². The third-order valence-corrected chi connectivity index (χ3v) is 2.67. The van der Waals surface area contributed by atoms with Gasteiger partial charge < -0.3 is 10.5 Å². The minimum atomic E-state index is 0.552. The maximum Gasteiger partial charge on any atom is 0.120 e. The summed E-state index contributed by atoms with van der Waals surface area (Å²) in [5.41, 5.74) is 9.42. The van der Waals surface area contributed by atoms with E-state index in [0.717, 1.165) is 24.7 Å². The van der Waals surface area contributed by atoms with Crippen LogP contribution in [0.2, 0.25) is 0 Å². The number of aryl methyl sites for hydroxylation is 1. The smallest absolute Gasteiger partial charge is 0.120 e.